The minimum Gasteiger partial charge on any atom is -0.320 e. The Labute approximate surface area is 119 Å². The van der Waals surface area contributed by atoms with E-state index >= 15 is 0 Å². The van der Waals surface area contributed by atoms with Gasteiger partial charge in [0.15, 0.2) is 5.78 Å². The van der Waals surface area contributed by atoms with Crippen LogP contribution < -0.4 is 16.0 Å². The molecular formula is C15H33N3O. The van der Waals surface area contributed by atoms with Gasteiger partial charge in [0.25, 0.3) is 0 Å². The van der Waals surface area contributed by atoms with Crippen molar-refractivity contribution in [1.29, 1.82) is 0 Å². The summed E-state index contributed by atoms with van der Waals surface area (Å²) >= 11 is 0. The zero-order valence-corrected chi connectivity index (χ0v) is 13.6. The number of likely N-dealkylation sites (N-methyl/N-ethyl adjacent to an activating group) is 1. The minimum atomic E-state index is -0.429. The van der Waals surface area contributed by atoms with Crippen molar-refractivity contribution in [3.63, 3.8) is 0 Å². The first-order valence-corrected chi connectivity index (χ1v) is 7.46. The average Bonchev–Trinajstić information content (AvgIpc) is 2.33. The number of hydrogen-bond acceptors (Lipinski definition) is 4. The summed E-state index contributed by atoms with van der Waals surface area (Å²) in [6.45, 7) is 9.21. The maximum atomic E-state index is 12.3. The predicted octanol–water partition coefficient (Wildman–Crippen LogP) is 1.70. The lowest BCUT2D eigenvalue weighted by Gasteiger charge is -2.27. The topological polar surface area (TPSA) is 53.2 Å². The van der Waals surface area contributed by atoms with Gasteiger partial charge in [0.1, 0.15) is 0 Å². The van der Waals surface area contributed by atoms with Gasteiger partial charge in [-0.2, -0.15) is 0 Å². The highest BCUT2D eigenvalue weighted by molar-refractivity contribution is 5.87. The summed E-state index contributed by atoms with van der Waals surface area (Å²) in [5.74, 6) is 0.279. The number of carbonyl (C=O) groups is 1. The molecule has 4 heteroatoms. The first-order chi connectivity index (χ1) is 8.83. The molecule has 114 valence electrons. The third-order valence-corrected chi connectivity index (χ3v) is 3.55. The van der Waals surface area contributed by atoms with Crippen molar-refractivity contribution >= 4 is 5.78 Å². The lowest BCUT2D eigenvalue weighted by molar-refractivity contribution is -0.124. The van der Waals surface area contributed by atoms with Crippen LogP contribution in [-0.2, 0) is 4.79 Å². The number of hydrogen-bond donors (Lipinski definition) is 3. The van der Waals surface area contributed by atoms with Crippen molar-refractivity contribution in [3.8, 4) is 0 Å². The van der Waals surface area contributed by atoms with Crippen molar-refractivity contribution in [2.45, 2.75) is 71.0 Å². The number of rotatable bonds is 11. The first kappa shape index (κ1) is 18.6. The highest BCUT2D eigenvalue weighted by atomic mass is 16.1. The number of unbranched alkanes of at least 4 members (excludes halogenated alkanes) is 1. The molecule has 0 saturated heterocycles. The van der Waals surface area contributed by atoms with Gasteiger partial charge in [-0.3, -0.25) is 4.79 Å². The van der Waals surface area contributed by atoms with E-state index in [0.29, 0.717) is 12.5 Å². The summed E-state index contributed by atoms with van der Waals surface area (Å²) in [5.41, 5.74) is -0.429. The Morgan fingerprint density at radius 2 is 1.79 bits per heavy atom. The number of nitrogens with one attached hydrogen (secondary N) is 3. The summed E-state index contributed by atoms with van der Waals surface area (Å²) in [4.78, 5) is 12.3. The van der Waals surface area contributed by atoms with E-state index in [2.05, 4.69) is 29.8 Å². The van der Waals surface area contributed by atoms with Gasteiger partial charge >= 0.3 is 0 Å². The maximum absolute atomic E-state index is 12.3. The third-order valence-electron chi connectivity index (χ3n) is 3.55. The van der Waals surface area contributed by atoms with E-state index in [1.807, 2.05) is 27.9 Å². The predicted molar refractivity (Wildman–Crippen MR) is 82.6 cm³/mol. The fourth-order valence-corrected chi connectivity index (χ4v) is 2.03. The van der Waals surface area contributed by atoms with Crippen LogP contribution in [0.25, 0.3) is 0 Å². The summed E-state index contributed by atoms with van der Waals surface area (Å²) in [6.07, 6.45) is 3.98. The highest BCUT2D eigenvalue weighted by Gasteiger charge is 2.27. The quantitative estimate of drug-likeness (QED) is 0.501. The van der Waals surface area contributed by atoms with Crippen molar-refractivity contribution in [2.24, 2.45) is 0 Å². The second-order valence-electron chi connectivity index (χ2n) is 6.12. The lowest BCUT2D eigenvalue weighted by atomic mass is 9.92. The minimum absolute atomic E-state index is 0.279. The van der Waals surface area contributed by atoms with E-state index in [1.165, 1.54) is 0 Å². The zero-order chi connectivity index (χ0) is 14.9. The van der Waals surface area contributed by atoms with Crippen LogP contribution in [0.3, 0.4) is 0 Å². The Hall–Kier alpha value is -0.450. The molecule has 0 aliphatic heterocycles. The molecule has 1 atom stereocenters. The van der Waals surface area contributed by atoms with Crippen LogP contribution >= 0.6 is 0 Å². The molecule has 0 aromatic heterocycles. The largest absolute Gasteiger partial charge is 0.320 e. The van der Waals surface area contributed by atoms with Gasteiger partial charge in [0.2, 0.25) is 0 Å². The van der Waals surface area contributed by atoms with Crippen molar-refractivity contribution in [2.75, 3.05) is 20.6 Å². The molecule has 0 aliphatic carbocycles. The molecule has 3 N–H and O–H groups in total. The van der Waals surface area contributed by atoms with Gasteiger partial charge in [-0.25, -0.2) is 0 Å². The van der Waals surface area contributed by atoms with E-state index in [-0.39, 0.29) is 11.8 Å². The second-order valence-corrected chi connectivity index (χ2v) is 6.12. The van der Waals surface area contributed by atoms with E-state index in [9.17, 15) is 4.79 Å². The Balaban J connectivity index is 4.30. The van der Waals surface area contributed by atoms with Crippen LogP contribution in [0, 0.1) is 0 Å². The SMILES string of the molecule is CNCCCCC(CC(=O)C(C)(C)NC)NC(C)C. The van der Waals surface area contributed by atoms with E-state index < -0.39 is 5.54 Å². The van der Waals surface area contributed by atoms with E-state index in [1.54, 1.807) is 0 Å². The Bertz CT molecular complexity index is 252. The summed E-state index contributed by atoms with van der Waals surface area (Å²) < 4.78 is 0. The van der Waals surface area contributed by atoms with Gasteiger partial charge in [0, 0.05) is 18.5 Å². The summed E-state index contributed by atoms with van der Waals surface area (Å²) in [7, 11) is 3.82. The molecule has 0 spiro atoms. The van der Waals surface area contributed by atoms with Crippen molar-refractivity contribution < 1.29 is 4.79 Å². The van der Waals surface area contributed by atoms with Crippen LogP contribution in [0.4, 0.5) is 0 Å². The normalized spacial score (nSPS) is 13.8. The lowest BCUT2D eigenvalue weighted by Crippen LogP contribution is -2.48. The Morgan fingerprint density at radius 1 is 1.16 bits per heavy atom. The number of carbonyl (C=O) groups excluding carboxylic acids is 1. The molecule has 0 saturated carbocycles. The molecule has 4 nitrogen and oxygen atoms in total. The monoisotopic (exact) mass is 271 g/mol. The molecule has 0 rings (SSSR count). The fraction of sp³-hybridized carbons (Fsp3) is 0.933. The van der Waals surface area contributed by atoms with E-state index in [0.717, 1.165) is 25.8 Å². The molecule has 1 unspecified atom stereocenters. The summed E-state index contributed by atoms with van der Waals surface area (Å²) in [6, 6.07) is 0.705. The molecule has 0 amide bonds. The first-order valence-electron chi connectivity index (χ1n) is 7.46. The van der Waals surface area contributed by atoms with Gasteiger partial charge in [-0.1, -0.05) is 20.3 Å². The van der Waals surface area contributed by atoms with Gasteiger partial charge < -0.3 is 16.0 Å². The smallest absolute Gasteiger partial charge is 0.153 e. The Morgan fingerprint density at radius 3 is 2.26 bits per heavy atom. The van der Waals surface area contributed by atoms with Gasteiger partial charge in [0.05, 0.1) is 5.54 Å². The van der Waals surface area contributed by atoms with Crippen molar-refractivity contribution in [1.82, 2.24) is 16.0 Å². The molecule has 0 radical (unpaired) electrons. The van der Waals surface area contributed by atoms with Crippen LogP contribution in [0.2, 0.25) is 0 Å². The third kappa shape index (κ3) is 8.35. The standard InChI is InChI=1S/C15H33N3O/c1-12(2)18-13(9-7-8-10-16-5)11-14(19)15(3,4)17-6/h12-13,16-18H,7-11H2,1-6H3. The van der Waals surface area contributed by atoms with Crippen LogP contribution in [0.1, 0.15) is 53.4 Å². The Kier molecular flexibility index (Phi) is 9.23. The second kappa shape index (κ2) is 9.45. The molecule has 0 heterocycles. The zero-order valence-electron chi connectivity index (χ0n) is 13.6. The molecule has 0 aromatic carbocycles. The van der Waals surface area contributed by atoms with Crippen LogP contribution in [-0.4, -0.2) is 44.0 Å². The highest BCUT2D eigenvalue weighted by Crippen LogP contribution is 2.12. The van der Waals surface area contributed by atoms with Gasteiger partial charge in [-0.05, 0) is 47.3 Å². The number of Topliss-reactive ketones (excluding diaryl/α,β-unsaturated/α-hetero) is 1. The molecule has 0 fully saturated rings. The van der Waals surface area contributed by atoms with Gasteiger partial charge in [-0.15, -0.1) is 0 Å². The molecule has 0 bridgehead atoms. The van der Waals surface area contributed by atoms with Crippen LogP contribution in [0.5, 0.6) is 0 Å². The molecular weight excluding hydrogens is 238 g/mol. The number of ketones is 1. The molecule has 0 aromatic rings. The van der Waals surface area contributed by atoms with Crippen LogP contribution in [0.15, 0.2) is 0 Å². The fourth-order valence-electron chi connectivity index (χ4n) is 2.03. The molecule has 19 heavy (non-hydrogen) atoms. The average molecular weight is 271 g/mol. The van der Waals surface area contributed by atoms with Crippen molar-refractivity contribution in [3.05, 3.63) is 0 Å². The van der Waals surface area contributed by atoms with E-state index in [4.69, 9.17) is 0 Å². The molecule has 0 aliphatic rings. The summed E-state index contributed by atoms with van der Waals surface area (Å²) in [5, 5.41) is 9.76. The maximum Gasteiger partial charge on any atom is 0.153 e.